The maximum Gasteiger partial charge on any atom is 0.308 e. The summed E-state index contributed by atoms with van der Waals surface area (Å²) < 4.78 is 4.52. The lowest BCUT2D eigenvalue weighted by Gasteiger charge is -2.20. The number of benzene rings is 1. The molecule has 0 aliphatic carbocycles. The highest BCUT2D eigenvalue weighted by Crippen LogP contribution is 2.10. The van der Waals surface area contributed by atoms with E-state index in [1.165, 1.54) is 18.2 Å². The predicted molar refractivity (Wildman–Crippen MR) is 70.2 cm³/mol. The van der Waals surface area contributed by atoms with Crippen molar-refractivity contribution in [3.05, 3.63) is 35.4 Å². The van der Waals surface area contributed by atoms with Crippen molar-refractivity contribution in [3.63, 3.8) is 0 Å². The van der Waals surface area contributed by atoms with Crippen LogP contribution in [0.1, 0.15) is 17.5 Å². The molecule has 0 aliphatic rings. The first-order chi connectivity index (χ1) is 8.52. The van der Waals surface area contributed by atoms with Gasteiger partial charge in [0, 0.05) is 13.1 Å². The average molecular weight is 251 g/mol. The Morgan fingerprint density at radius 3 is 2.72 bits per heavy atom. The number of likely N-dealkylation sites (N-methyl/N-ethyl adjacent to an activating group) is 1. The molecule has 0 saturated heterocycles. The Balaban J connectivity index is 2.44. The number of aliphatic hydroxyl groups is 1. The number of carbonyl (C=O) groups is 1. The van der Waals surface area contributed by atoms with E-state index in [1.807, 2.05) is 24.1 Å². The Bertz CT molecular complexity index is 392. The third-order valence-electron chi connectivity index (χ3n) is 2.85. The third-order valence-corrected chi connectivity index (χ3v) is 2.85. The molecule has 1 atom stereocenters. The predicted octanol–water partition coefficient (Wildman–Crippen LogP) is 1.35. The molecular formula is C14H21NO3. The molecule has 18 heavy (non-hydrogen) atoms. The van der Waals surface area contributed by atoms with Crippen LogP contribution < -0.4 is 0 Å². The van der Waals surface area contributed by atoms with Crippen molar-refractivity contribution in [2.75, 3.05) is 20.7 Å². The monoisotopic (exact) mass is 251 g/mol. The van der Waals surface area contributed by atoms with Gasteiger partial charge in [-0.15, -0.1) is 0 Å². The highest BCUT2D eigenvalue weighted by atomic mass is 16.5. The van der Waals surface area contributed by atoms with Crippen LogP contribution >= 0.6 is 0 Å². The highest BCUT2D eigenvalue weighted by Gasteiger charge is 2.13. The number of methoxy groups -OCH3 is 1. The number of ether oxygens (including phenoxy) is 1. The summed E-state index contributed by atoms with van der Waals surface area (Å²) >= 11 is 0. The summed E-state index contributed by atoms with van der Waals surface area (Å²) in [4.78, 5) is 13.0. The number of carbonyl (C=O) groups excluding carboxylic acids is 1. The number of esters is 1. The number of hydrogen-bond acceptors (Lipinski definition) is 4. The topological polar surface area (TPSA) is 49.8 Å². The molecule has 0 amide bonds. The quantitative estimate of drug-likeness (QED) is 0.775. The van der Waals surface area contributed by atoms with Gasteiger partial charge in [-0.2, -0.15) is 0 Å². The van der Waals surface area contributed by atoms with Gasteiger partial charge in [-0.3, -0.25) is 9.69 Å². The third kappa shape index (κ3) is 4.85. The van der Waals surface area contributed by atoms with Crippen molar-refractivity contribution in [1.82, 2.24) is 4.90 Å². The van der Waals surface area contributed by atoms with E-state index in [1.54, 1.807) is 0 Å². The second-order valence-corrected chi connectivity index (χ2v) is 4.56. The van der Waals surface area contributed by atoms with Gasteiger partial charge < -0.3 is 9.84 Å². The van der Waals surface area contributed by atoms with Gasteiger partial charge in [-0.1, -0.05) is 24.3 Å². The number of rotatable bonds is 6. The molecule has 0 aliphatic heterocycles. The maximum atomic E-state index is 11.0. The second kappa shape index (κ2) is 7.13. The highest BCUT2D eigenvalue weighted by molar-refractivity contribution is 5.69. The van der Waals surface area contributed by atoms with Gasteiger partial charge in [0.1, 0.15) is 0 Å². The molecule has 1 aromatic carbocycles. The molecule has 1 N–H and O–H groups in total. The minimum absolute atomic E-state index is 0.0363. The van der Waals surface area contributed by atoms with E-state index in [2.05, 4.69) is 23.8 Å². The Labute approximate surface area is 108 Å². The smallest absolute Gasteiger partial charge is 0.308 e. The van der Waals surface area contributed by atoms with E-state index in [9.17, 15) is 9.90 Å². The fourth-order valence-electron chi connectivity index (χ4n) is 1.84. The van der Waals surface area contributed by atoms with Crippen molar-refractivity contribution in [1.29, 1.82) is 0 Å². The molecule has 1 rings (SSSR count). The average Bonchev–Trinajstić information content (AvgIpc) is 2.31. The maximum absolute atomic E-state index is 11.0. The molecule has 100 valence electrons. The number of aryl methyl sites for hydroxylation is 1. The van der Waals surface area contributed by atoms with Crippen molar-refractivity contribution >= 4 is 5.97 Å². The van der Waals surface area contributed by atoms with Crippen LogP contribution in [0.2, 0.25) is 0 Å². The summed E-state index contributed by atoms with van der Waals surface area (Å²) in [6, 6.07) is 8.14. The first-order valence-electron chi connectivity index (χ1n) is 6.01. The van der Waals surface area contributed by atoms with Crippen molar-refractivity contribution in [3.8, 4) is 0 Å². The Kier molecular flexibility index (Phi) is 5.82. The molecule has 0 spiro atoms. The number of hydrogen-bond donors (Lipinski definition) is 1. The molecule has 0 heterocycles. The molecule has 4 nitrogen and oxygen atoms in total. The zero-order valence-electron chi connectivity index (χ0n) is 11.2. The normalized spacial score (nSPS) is 12.5. The molecular weight excluding hydrogens is 230 g/mol. The van der Waals surface area contributed by atoms with Gasteiger partial charge in [0.2, 0.25) is 0 Å². The van der Waals surface area contributed by atoms with Gasteiger partial charge in [0.25, 0.3) is 0 Å². The summed E-state index contributed by atoms with van der Waals surface area (Å²) in [6.07, 6.45) is -0.652. The van der Waals surface area contributed by atoms with Crippen LogP contribution in [0, 0.1) is 6.92 Å². The first-order valence-corrected chi connectivity index (χ1v) is 6.01. The van der Waals surface area contributed by atoms with Gasteiger partial charge in [-0.25, -0.2) is 0 Å². The summed E-state index contributed by atoms with van der Waals surface area (Å²) in [5.74, 6) is -0.383. The molecule has 0 aromatic heterocycles. The Morgan fingerprint density at radius 2 is 2.11 bits per heavy atom. The van der Waals surface area contributed by atoms with Crippen LogP contribution in [0.4, 0.5) is 0 Å². The zero-order chi connectivity index (χ0) is 13.5. The van der Waals surface area contributed by atoms with E-state index < -0.39 is 6.10 Å². The first kappa shape index (κ1) is 14.7. The molecule has 0 radical (unpaired) electrons. The minimum atomic E-state index is -0.688. The SMILES string of the molecule is COC(=O)CC(O)CN(C)Cc1ccccc1C. The van der Waals surface area contributed by atoms with Crippen LogP contribution in [0.5, 0.6) is 0 Å². The summed E-state index contributed by atoms with van der Waals surface area (Å²) in [6.45, 7) is 3.27. The van der Waals surface area contributed by atoms with Gasteiger partial charge in [-0.05, 0) is 25.1 Å². The van der Waals surface area contributed by atoms with Gasteiger partial charge >= 0.3 is 5.97 Å². The second-order valence-electron chi connectivity index (χ2n) is 4.56. The minimum Gasteiger partial charge on any atom is -0.469 e. The standard InChI is InChI=1S/C14H21NO3/c1-11-6-4-5-7-12(11)9-15(2)10-13(16)8-14(17)18-3/h4-7,13,16H,8-10H2,1-3H3. The van der Waals surface area contributed by atoms with E-state index in [0.29, 0.717) is 6.54 Å². The summed E-state index contributed by atoms with van der Waals surface area (Å²) in [5.41, 5.74) is 2.46. The lowest BCUT2D eigenvalue weighted by atomic mass is 10.1. The number of aliphatic hydroxyl groups excluding tert-OH is 1. The Morgan fingerprint density at radius 1 is 1.44 bits per heavy atom. The Hall–Kier alpha value is -1.39. The lowest BCUT2D eigenvalue weighted by Crippen LogP contribution is -2.30. The van der Waals surface area contributed by atoms with Crippen molar-refractivity contribution in [2.24, 2.45) is 0 Å². The van der Waals surface area contributed by atoms with Gasteiger partial charge in [0.15, 0.2) is 0 Å². The van der Waals surface area contributed by atoms with E-state index in [-0.39, 0.29) is 12.4 Å². The van der Waals surface area contributed by atoms with Crippen LogP contribution in [0.15, 0.2) is 24.3 Å². The van der Waals surface area contributed by atoms with Crippen molar-refractivity contribution in [2.45, 2.75) is 26.0 Å². The summed E-state index contributed by atoms with van der Waals surface area (Å²) in [5, 5.41) is 9.73. The van der Waals surface area contributed by atoms with E-state index >= 15 is 0 Å². The summed E-state index contributed by atoms with van der Waals surface area (Å²) in [7, 11) is 3.25. The molecule has 1 aromatic rings. The van der Waals surface area contributed by atoms with Crippen LogP contribution in [0.25, 0.3) is 0 Å². The zero-order valence-corrected chi connectivity index (χ0v) is 11.2. The molecule has 4 heteroatoms. The fraction of sp³-hybridized carbons (Fsp3) is 0.500. The van der Waals surface area contributed by atoms with Crippen molar-refractivity contribution < 1.29 is 14.6 Å². The largest absolute Gasteiger partial charge is 0.469 e. The van der Waals surface area contributed by atoms with E-state index in [0.717, 1.165) is 6.54 Å². The van der Waals surface area contributed by atoms with Gasteiger partial charge in [0.05, 0.1) is 19.6 Å². The molecule has 1 unspecified atom stereocenters. The molecule has 0 bridgehead atoms. The van der Waals surface area contributed by atoms with Crippen LogP contribution in [-0.2, 0) is 16.1 Å². The van der Waals surface area contributed by atoms with Crippen LogP contribution in [-0.4, -0.2) is 42.8 Å². The fourth-order valence-corrected chi connectivity index (χ4v) is 1.84. The van der Waals surface area contributed by atoms with E-state index in [4.69, 9.17) is 0 Å². The lowest BCUT2D eigenvalue weighted by molar-refractivity contribution is -0.143. The molecule has 0 fully saturated rings. The molecule has 0 saturated carbocycles. The van der Waals surface area contributed by atoms with Crippen LogP contribution in [0.3, 0.4) is 0 Å². The number of nitrogens with zero attached hydrogens (tertiary/aromatic N) is 1.